The number of ether oxygens (including phenoxy) is 1. The first-order valence-corrected chi connectivity index (χ1v) is 13.4. The van der Waals surface area contributed by atoms with Crippen LogP contribution in [0.3, 0.4) is 0 Å². The first-order chi connectivity index (χ1) is 18.4. The number of pyridine rings is 1. The van der Waals surface area contributed by atoms with Gasteiger partial charge in [0.2, 0.25) is 0 Å². The fourth-order valence-electron chi connectivity index (χ4n) is 4.56. The quantitative estimate of drug-likeness (QED) is 0.230. The highest BCUT2D eigenvalue weighted by atomic mass is 32.1. The molecule has 2 aromatic heterocycles. The molecule has 5 aromatic rings. The Bertz CT molecular complexity index is 1650. The number of benzene rings is 3. The number of thiophene rings is 1. The average molecular weight is 521 g/mol. The second kappa shape index (κ2) is 10.6. The van der Waals surface area contributed by atoms with Crippen LogP contribution in [-0.4, -0.2) is 23.5 Å². The van der Waals surface area contributed by atoms with Crippen molar-refractivity contribution < 1.29 is 14.3 Å². The second-order valence-electron chi connectivity index (χ2n) is 9.24. The lowest BCUT2D eigenvalue weighted by Gasteiger charge is -2.15. The number of anilines is 1. The van der Waals surface area contributed by atoms with E-state index < -0.39 is 5.97 Å². The molecule has 6 heteroatoms. The molecule has 2 heterocycles. The summed E-state index contributed by atoms with van der Waals surface area (Å²) in [4.78, 5) is 31.9. The van der Waals surface area contributed by atoms with Crippen LogP contribution in [0.5, 0.6) is 0 Å². The van der Waals surface area contributed by atoms with Crippen molar-refractivity contribution in [1.82, 2.24) is 4.98 Å². The van der Waals surface area contributed by atoms with E-state index in [1.165, 1.54) is 11.3 Å². The minimum Gasteiger partial charge on any atom is -0.462 e. The molecule has 5 nitrogen and oxygen atoms in total. The van der Waals surface area contributed by atoms with E-state index in [2.05, 4.69) is 5.32 Å². The number of aryl methyl sites for hydroxylation is 2. The van der Waals surface area contributed by atoms with Crippen molar-refractivity contribution in [3.63, 3.8) is 0 Å². The molecule has 0 aliphatic heterocycles. The number of esters is 1. The predicted molar refractivity (Wildman–Crippen MR) is 155 cm³/mol. The number of nitrogens with one attached hydrogen (secondary N) is 1. The molecule has 0 spiro atoms. The molecular formula is C32H28N2O3S. The first-order valence-electron chi connectivity index (χ1n) is 12.5. The summed E-state index contributed by atoms with van der Waals surface area (Å²) < 4.78 is 5.39. The van der Waals surface area contributed by atoms with Crippen molar-refractivity contribution in [3.8, 4) is 22.4 Å². The maximum atomic E-state index is 13.9. The fourth-order valence-corrected chi connectivity index (χ4v) is 5.51. The monoisotopic (exact) mass is 520 g/mol. The van der Waals surface area contributed by atoms with Crippen molar-refractivity contribution in [2.24, 2.45) is 0 Å². The lowest BCUT2D eigenvalue weighted by atomic mass is 9.96. The molecule has 0 fully saturated rings. The van der Waals surface area contributed by atoms with Crippen LogP contribution in [0.4, 0.5) is 5.00 Å². The topological polar surface area (TPSA) is 68.3 Å². The fraction of sp³-hybridized carbons (Fsp3) is 0.156. The number of aromatic nitrogens is 1. The standard InChI is InChI=1S/C32H28N2O3S/c1-5-37-32(36)28-25(22-14-10-19(2)11-15-22)18-38-31(28)34-30(35)27-21(4)29(23-16-12-20(3)13-17-23)33-26-9-7-6-8-24(26)27/h6-18H,5H2,1-4H3,(H,34,35). The summed E-state index contributed by atoms with van der Waals surface area (Å²) in [5, 5.41) is 6.15. The van der Waals surface area contributed by atoms with Gasteiger partial charge >= 0.3 is 5.97 Å². The minimum absolute atomic E-state index is 0.239. The molecule has 0 aliphatic carbocycles. The number of rotatable bonds is 6. The molecular weight excluding hydrogens is 492 g/mol. The average Bonchev–Trinajstić information content (AvgIpc) is 3.33. The van der Waals surface area contributed by atoms with Crippen LogP contribution in [0.15, 0.2) is 78.2 Å². The molecule has 0 saturated carbocycles. The number of carbonyl (C=O) groups is 2. The number of nitrogens with zero attached hydrogens (tertiary/aromatic N) is 1. The summed E-state index contributed by atoms with van der Waals surface area (Å²) in [6, 6.07) is 23.7. The zero-order valence-electron chi connectivity index (χ0n) is 21.8. The summed E-state index contributed by atoms with van der Waals surface area (Å²) in [7, 11) is 0. The minimum atomic E-state index is -0.462. The lowest BCUT2D eigenvalue weighted by molar-refractivity contribution is 0.0529. The first kappa shape index (κ1) is 25.4. The van der Waals surface area contributed by atoms with E-state index in [-0.39, 0.29) is 12.5 Å². The van der Waals surface area contributed by atoms with Crippen LogP contribution in [0, 0.1) is 20.8 Å². The van der Waals surface area contributed by atoms with Crippen LogP contribution in [0.2, 0.25) is 0 Å². The van der Waals surface area contributed by atoms with Crippen LogP contribution >= 0.6 is 11.3 Å². The molecule has 190 valence electrons. The van der Waals surface area contributed by atoms with Gasteiger partial charge in [-0.15, -0.1) is 11.3 Å². The Balaban J connectivity index is 1.61. The third kappa shape index (κ3) is 4.83. The zero-order valence-corrected chi connectivity index (χ0v) is 22.6. The molecule has 0 aliphatic rings. The summed E-state index contributed by atoms with van der Waals surface area (Å²) in [6.07, 6.45) is 0. The highest BCUT2D eigenvalue weighted by molar-refractivity contribution is 7.15. The van der Waals surface area contributed by atoms with E-state index in [4.69, 9.17) is 9.72 Å². The van der Waals surface area contributed by atoms with Crippen molar-refractivity contribution in [3.05, 3.63) is 106 Å². The van der Waals surface area contributed by atoms with E-state index in [0.717, 1.165) is 50.0 Å². The van der Waals surface area contributed by atoms with E-state index in [0.29, 0.717) is 16.1 Å². The summed E-state index contributed by atoms with van der Waals surface area (Å²) in [5.41, 5.74) is 8.01. The number of carbonyl (C=O) groups excluding carboxylic acids is 2. The summed E-state index contributed by atoms with van der Waals surface area (Å²) in [5.74, 6) is -0.756. The van der Waals surface area contributed by atoms with Gasteiger partial charge in [0.1, 0.15) is 10.6 Å². The number of para-hydroxylation sites is 1. The van der Waals surface area contributed by atoms with Gasteiger partial charge in [-0.05, 0) is 44.9 Å². The third-order valence-corrected chi connectivity index (χ3v) is 7.44. The van der Waals surface area contributed by atoms with E-state index in [1.54, 1.807) is 6.92 Å². The molecule has 5 rings (SSSR count). The van der Waals surface area contributed by atoms with Crippen LogP contribution in [0.1, 0.15) is 44.3 Å². The Kier molecular flexibility index (Phi) is 7.07. The molecule has 0 radical (unpaired) electrons. The molecule has 0 atom stereocenters. The Morgan fingerprint density at radius 2 is 1.47 bits per heavy atom. The molecule has 0 bridgehead atoms. The number of hydrogen-bond donors (Lipinski definition) is 1. The SMILES string of the molecule is CCOC(=O)c1c(-c2ccc(C)cc2)csc1NC(=O)c1c(C)c(-c2ccc(C)cc2)nc2ccccc12. The van der Waals surface area contributed by atoms with Gasteiger partial charge in [0.05, 0.1) is 23.4 Å². The lowest BCUT2D eigenvalue weighted by Crippen LogP contribution is -2.17. The molecule has 1 amide bonds. The highest BCUT2D eigenvalue weighted by Gasteiger charge is 2.25. The van der Waals surface area contributed by atoms with Crippen LogP contribution in [-0.2, 0) is 4.74 Å². The van der Waals surface area contributed by atoms with Gasteiger partial charge in [-0.25, -0.2) is 9.78 Å². The second-order valence-corrected chi connectivity index (χ2v) is 10.1. The number of amides is 1. The van der Waals surface area contributed by atoms with Crippen molar-refractivity contribution >= 4 is 39.1 Å². The Hall–Kier alpha value is -4.29. The molecule has 3 aromatic carbocycles. The van der Waals surface area contributed by atoms with Crippen molar-refractivity contribution in [1.29, 1.82) is 0 Å². The Labute approximate surface area is 226 Å². The summed E-state index contributed by atoms with van der Waals surface area (Å²) >= 11 is 1.32. The van der Waals surface area contributed by atoms with Crippen LogP contribution in [0.25, 0.3) is 33.3 Å². The van der Waals surface area contributed by atoms with Gasteiger partial charge < -0.3 is 10.1 Å². The number of hydrogen-bond acceptors (Lipinski definition) is 5. The van der Waals surface area contributed by atoms with Crippen molar-refractivity contribution in [2.75, 3.05) is 11.9 Å². The Morgan fingerprint density at radius 3 is 2.13 bits per heavy atom. The van der Waals surface area contributed by atoms with Gasteiger partial charge in [0, 0.05) is 21.9 Å². The molecule has 0 saturated heterocycles. The largest absolute Gasteiger partial charge is 0.462 e. The van der Waals surface area contributed by atoms with Gasteiger partial charge in [0.15, 0.2) is 0 Å². The normalized spacial score (nSPS) is 10.9. The van der Waals surface area contributed by atoms with Gasteiger partial charge in [-0.3, -0.25) is 4.79 Å². The predicted octanol–water partition coefficient (Wildman–Crippen LogP) is 7.98. The maximum Gasteiger partial charge on any atom is 0.341 e. The maximum absolute atomic E-state index is 13.9. The molecule has 1 N–H and O–H groups in total. The van der Waals surface area contributed by atoms with Gasteiger partial charge in [-0.2, -0.15) is 0 Å². The molecule has 0 unspecified atom stereocenters. The number of fused-ring (bicyclic) bond motifs is 1. The van der Waals surface area contributed by atoms with Crippen molar-refractivity contribution in [2.45, 2.75) is 27.7 Å². The third-order valence-electron chi connectivity index (χ3n) is 6.55. The zero-order chi connectivity index (χ0) is 26.8. The van der Waals surface area contributed by atoms with Gasteiger partial charge in [-0.1, -0.05) is 77.9 Å². The summed E-state index contributed by atoms with van der Waals surface area (Å²) in [6.45, 7) is 7.98. The van der Waals surface area contributed by atoms with E-state index in [9.17, 15) is 9.59 Å². The smallest absolute Gasteiger partial charge is 0.341 e. The van der Waals surface area contributed by atoms with E-state index in [1.807, 2.05) is 98.9 Å². The van der Waals surface area contributed by atoms with Gasteiger partial charge in [0.25, 0.3) is 5.91 Å². The molecule has 38 heavy (non-hydrogen) atoms. The highest BCUT2D eigenvalue weighted by Crippen LogP contribution is 2.38. The van der Waals surface area contributed by atoms with E-state index >= 15 is 0 Å². The van der Waals surface area contributed by atoms with Crippen LogP contribution < -0.4 is 5.32 Å². The Morgan fingerprint density at radius 1 is 0.842 bits per heavy atom.